The van der Waals surface area contributed by atoms with E-state index < -0.39 is 23.5 Å². The Morgan fingerprint density at radius 1 is 0.705 bits per heavy atom. The van der Waals surface area contributed by atoms with Crippen LogP contribution in [-0.4, -0.2) is 26.8 Å². The van der Waals surface area contributed by atoms with E-state index in [0.717, 1.165) is 28.8 Å². The van der Waals surface area contributed by atoms with Gasteiger partial charge in [-0.2, -0.15) is 5.10 Å². The highest BCUT2D eigenvalue weighted by Crippen LogP contribution is 2.30. The fraction of sp³-hybridized carbons (Fsp3) is 0.0571. The minimum atomic E-state index is -1.05. The Hall–Kier alpha value is -5.70. The van der Waals surface area contributed by atoms with Crippen molar-refractivity contribution in [1.82, 2.24) is 15.1 Å². The lowest BCUT2D eigenvalue weighted by Crippen LogP contribution is -2.24. The summed E-state index contributed by atoms with van der Waals surface area (Å²) in [5.74, 6) is -3.75. The highest BCUT2D eigenvalue weighted by molar-refractivity contribution is 6.07. The van der Waals surface area contributed by atoms with Crippen molar-refractivity contribution >= 4 is 22.8 Å². The van der Waals surface area contributed by atoms with Gasteiger partial charge in [-0.25, -0.2) is 18.0 Å². The average Bonchev–Trinajstić information content (AvgIpc) is 3.44. The molecule has 0 aliphatic rings. The Kier molecular flexibility index (Phi) is 7.68. The number of carbonyl (C=O) groups is 2. The van der Waals surface area contributed by atoms with Gasteiger partial charge in [0.1, 0.15) is 5.82 Å². The van der Waals surface area contributed by atoms with Crippen LogP contribution >= 0.6 is 0 Å². The Bertz CT molecular complexity index is 2000. The standard InChI is InChI=1S/C35H24F3N3O3/c36-29-12-9-24(10-13-29)23-5-3-22(4-6-23)20-41-33-28(19-40-41)15-27(26-11-14-31(37)32(38)17-26)16-30(33)34(42)39-18-21-1-7-25(8-2-21)35(43)44/h1-17,19H,18,20H2,(H,39,42)(H,43,44). The van der Waals surface area contributed by atoms with E-state index >= 15 is 0 Å². The lowest BCUT2D eigenvalue weighted by Gasteiger charge is -2.13. The summed E-state index contributed by atoms with van der Waals surface area (Å²) in [6.45, 7) is 0.475. The van der Waals surface area contributed by atoms with Gasteiger partial charge in [0.2, 0.25) is 0 Å². The predicted molar refractivity (Wildman–Crippen MR) is 161 cm³/mol. The third kappa shape index (κ3) is 5.94. The van der Waals surface area contributed by atoms with Crippen LogP contribution in [0.15, 0.2) is 109 Å². The van der Waals surface area contributed by atoms with Crippen LogP contribution in [-0.2, 0) is 13.1 Å². The molecule has 0 unspecified atom stereocenters. The first-order valence-electron chi connectivity index (χ1n) is 13.7. The Morgan fingerprint density at radius 3 is 2.00 bits per heavy atom. The molecule has 6 aromatic rings. The topological polar surface area (TPSA) is 84.2 Å². The maximum Gasteiger partial charge on any atom is 0.335 e. The first-order valence-corrected chi connectivity index (χ1v) is 13.7. The number of aromatic nitrogens is 2. The first kappa shape index (κ1) is 28.4. The molecule has 0 aliphatic carbocycles. The van der Waals surface area contributed by atoms with E-state index in [1.165, 1.54) is 30.3 Å². The molecule has 6 nitrogen and oxygen atoms in total. The lowest BCUT2D eigenvalue weighted by molar-refractivity contribution is 0.0696. The highest BCUT2D eigenvalue weighted by Gasteiger charge is 2.18. The fourth-order valence-corrected chi connectivity index (χ4v) is 5.03. The molecule has 0 saturated carbocycles. The second-order valence-corrected chi connectivity index (χ2v) is 10.3. The maximum atomic E-state index is 14.1. The van der Waals surface area contributed by atoms with Crippen molar-refractivity contribution in [2.75, 3.05) is 0 Å². The number of carboxylic acids is 1. The summed E-state index contributed by atoms with van der Waals surface area (Å²) in [4.78, 5) is 24.8. The molecule has 1 aromatic heterocycles. The van der Waals surface area contributed by atoms with Gasteiger partial charge < -0.3 is 10.4 Å². The number of carbonyl (C=O) groups excluding carboxylic acids is 1. The van der Waals surface area contributed by atoms with E-state index in [1.807, 2.05) is 24.3 Å². The van der Waals surface area contributed by atoms with Crippen molar-refractivity contribution in [3.63, 3.8) is 0 Å². The van der Waals surface area contributed by atoms with Crippen LogP contribution in [0.3, 0.4) is 0 Å². The molecule has 0 saturated heterocycles. The van der Waals surface area contributed by atoms with E-state index in [1.54, 1.807) is 47.3 Å². The largest absolute Gasteiger partial charge is 0.478 e. The van der Waals surface area contributed by atoms with E-state index in [4.69, 9.17) is 5.11 Å². The number of rotatable bonds is 8. The zero-order valence-corrected chi connectivity index (χ0v) is 23.1. The summed E-state index contributed by atoms with van der Waals surface area (Å²) in [5.41, 5.74) is 5.29. The van der Waals surface area contributed by atoms with E-state index in [0.29, 0.717) is 34.1 Å². The van der Waals surface area contributed by atoms with Gasteiger partial charge in [-0.05, 0) is 81.9 Å². The zero-order valence-electron chi connectivity index (χ0n) is 23.1. The molecule has 0 spiro atoms. The molecular formula is C35H24F3N3O3. The SMILES string of the molecule is O=C(O)c1ccc(CNC(=O)c2cc(-c3ccc(F)c(F)c3)cc3cnn(Cc4ccc(-c5ccc(F)cc5)cc4)c23)cc1. The molecule has 6 rings (SSSR count). The van der Waals surface area contributed by atoms with Crippen LogP contribution in [0.4, 0.5) is 13.2 Å². The Labute approximate surface area is 250 Å². The molecule has 44 heavy (non-hydrogen) atoms. The maximum absolute atomic E-state index is 14.1. The second kappa shape index (κ2) is 11.9. The molecule has 218 valence electrons. The smallest absolute Gasteiger partial charge is 0.335 e. The van der Waals surface area contributed by atoms with Gasteiger partial charge in [0.25, 0.3) is 5.91 Å². The van der Waals surface area contributed by atoms with Crippen LogP contribution in [0.1, 0.15) is 31.8 Å². The number of amides is 1. The molecule has 1 amide bonds. The van der Waals surface area contributed by atoms with Crippen LogP contribution in [0.5, 0.6) is 0 Å². The van der Waals surface area contributed by atoms with Crippen molar-refractivity contribution in [3.05, 3.63) is 149 Å². The third-order valence-electron chi connectivity index (χ3n) is 7.35. The third-order valence-corrected chi connectivity index (χ3v) is 7.35. The summed E-state index contributed by atoms with van der Waals surface area (Å²) >= 11 is 0. The van der Waals surface area contributed by atoms with Gasteiger partial charge in [-0.15, -0.1) is 0 Å². The summed E-state index contributed by atoms with van der Waals surface area (Å²) in [6, 6.07) is 27.1. The van der Waals surface area contributed by atoms with Crippen molar-refractivity contribution in [1.29, 1.82) is 0 Å². The molecule has 5 aromatic carbocycles. The molecule has 9 heteroatoms. The van der Waals surface area contributed by atoms with Gasteiger partial charge in [0.15, 0.2) is 11.6 Å². The lowest BCUT2D eigenvalue weighted by atomic mass is 9.99. The number of halogens is 3. The number of nitrogens with one attached hydrogen (secondary N) is 1. The molecular weight excluding hydrogens is 567 g/mol. The molecule has 1 heterocycles. The summed E-state index contributed by atoms with van der Waals surface area (Å²) in [7, 11) is 0. The van der Waals surface area contributed by atoms with E-state index in [2.05, 4.69) is 10.4 Å². The first-order chi connectivity index (χ1) is 21.2. The van der Waals surface area contributed by atoms with Gasteiger partial charge >= 0.3 is 5.97 Å². The number of hydrogen-bond donors (Lipinski definition) is 2. The second-order valence-electron chi connectivity index (χ2n) is 10.3. The molecule has 0 atom stereocenters. The molecule has 2 N–H and O–H groups in total. The van der Waals surface area contributed by atoms with Gasteiger partial charge in [-0.3, -0.25) is 9.48 Å². The number of benzene rings is 5. The van der Waals surface area contributed by atoms with Crippen molar-refractivity contribution in [3.8, 4) is 22.3 Å². The normalized spacial score (nSPS) is 11.1. The Morgan fingerprint density at radius 2 is 1.34 bits per heavy atom. The van der Waals surface area contributed by atoms with Crippen molar-refractivity contribution in [2.45, 2.75) is 13.1 Å². The summed E-state index contributed by atoms with van der Waals surface area (Å²) < 4.78 is 42.8. The van der Waals surface area contributed by atoms with Gasteiger partial charge in [0.05, 0.1) is 29.4 Å². The van der Waals surface area contributed by atoms with Crippen LogP contribution in [0.25, 0.3) is 33.2 Å². The molecule has 0 aliphatic heterocycles. The monoisotopic (exact) mass is 591 g/mol. The number of aromatic carboxylic acids is 1. The minimum Gasteiger partial charge on any atom is -0.478 e. The summed E-state index contributed by atoms with van der Waals surface area (Å²) in [5, 5.41) is 17.2. The number of hydrogen-bond acceptors (Lipinski definition) is 3. The number of nitrogens with zero attached hydrogens (tertiary/aromatic N) is 2. The Balaban J connectivity index is 1.33. The fourth-order valence-electron chi connectivity index (χ4n) is 5.03. The van der Waals surface area contributed by atoms with E-state index in [9.17, 15) is 22.8 Å². The summed E-state index contributed by atoms with van der Waals surface area (Å²) in [6.07, 6.45) is 1.62. The van der Waals surface area contributed by atoms with Crippen molar-refractivity contribution in [2.24, 2.45) is 0 Å². The highest BCUT2D eigenvalue weighted by atomic mass is 19.2. The van der Waals surface area contributed by atoms with E-state index in [-0.39, 0.29) is 23.5 Å². The number of fused-ring (bicyclic) bond motifs is 1. The minimum absolute atomic E-state index is 0.134. The quantitative estimate of drug-likeness (QED) is 0.192. The zero-order chi connectivity index (χ0) is 30.8. The molecule has 0 bridgehead atoms. The van der Waals surface area contributed by atoms with Crippen LogP contribution in [0.2, 0.25) is 0 Å². The molecule has 0 radical (unpaired) electrons. The number of carboxylic acid groups (broad SMARTS) is 1. The van der Waals surface area contributed by atoms with Gasteiger partial charge in [-0.1, -0.05) is 54.6 Å². The molecule has 0 fully saturated rings. The van der Waals surface area contributed by atoms with Gasteiger partial charge in [0, 0.05) is 11.9 Å². The van der Waals surface area contributed by atoms with Crippen LogP contribution in [0, 0.1) is 17.5 Å². The average molecular weight is 592 g/mol. The van der Waals surface area contributed by atoms with Crippen LogP contribution < -0.4 is 5.32 Å². The van der Waals surface area contributed by atoms with Crippen molar-refractivity contribution < 1.29 is 27.9 Å². The predicted octanol–water partition coefficient (Wildman–Crippen LogP) is 7.46.